The predicted molar refractivity (Wildman–Crippen MR) is 91.9 cm³/mol. The van der Waals surface area contributed by atoms with Crippen molar-refractivity contribution in [3.8, 4) is 0 Å². The molecule has 2 saturated heterocycles. The summed E-state index contributed by atoms with van der Waals surface area (Å²) in [6.07, 6.45) is -5.69. The van der Waals surface area contributed by atoms with Crippen LogP contribution in [0.2, 0.25) is 0 Å². The van der Waals surface area contributed by atoms with Crippen molar-refractivity contribution < 1.29 is 51.3 Å². The van der Waals surface area contributed by atoms with E-state index in [4.69, 9.17) is 9.84 Å². The van der Waals surface area contributed by atoms with Crippen LogP contribution in [0, 0.1) is 0 Å². The second-order valence-corrected chi connectivity index (χ2v) is 6.59. The van der Waals surface area contributed by atoms with E-state index in [2.05, 4.69) is 9.47 Å². The molecule has 30 heavy (non-hydrogen) atoms. The minimum Gasteiger partial charge on any atom is -0.455 e. The van der Waals surface area contributed by atoms with Crippen molar-refractivity contribution >= 4 is 17.9 Å². The molecular formula is C19H20F4O7. The highest BCUT2D eigenvalue weighted by Crippen LogP contribution is 2.36. The summed E-state index contributed by atoms with van der Waals surface area (Å²) >= 11 is 0. The van der Waals surface area contributed by atoms with E-state index in [0.717, 1.165) is 0 Å². The molecule has 0 aliphatic carbocycles. The van der Waals surface area contributed by atoms with Crippen LogP contribution in [0.25, 0.3) is 0 Å². The third-order valence-electron chi connectivity index (χ3n) is 4.53. The summed E-state index contributed by atoms with van der Waals surface area (Å²) in [6.45, 7) is 3.13. The average Bonchev–Trinajstić information content (AvgIpc) is 3.06. The normalized spacial score (nSPS) is 28.8. The summed E-state index contributed by atoms with van der Waals surface area (Å²) in [5.74, 6) is -11.7. The zero-order chi connectivity index (χ0) is 22.7. The molecule has 2 heterocycles. The van der Waals surface area contributed by atoms with E-state index in [-0.39, 0.29) is 18.4 Å². The lowest BCUT2D eigenvalue weighted by molar-refractivity contribution is -0.163. The summed E-state index contributed by atoms with van der Waals surface area (Å²) in [4.78, 5) is 33.1. The summed E-state index contributed by atoms with van der Waals surface area (Å²) in [7, 11) is 0. The lowest BCUT2D eigenvalue weighted by Crippen LogP contribution is -2.41. The van der Waals surface area contributed by atoms with Gasteiger partial charge in [-0.25, -0.2) is 14.4 Å². The number of halogens is 4. The Labute approximate surface area is 168 Å². The van der Waals surface area contributed by atoms with Crippen LogP contribution >= 0.6 is 0 Å². The molecule has 1 N–H and O–H groups in total. The molecule has 0 saturated carbocycles. The molecule has 166 valence electrons. The third kappa shape index (κ3) is 4.55. The van der Waals surface area contributed by atoms with E-state index >= 15 is 0 Å². The van der Waals surface area contributed by atoms with Crippen molar-refractivity contribution in [2.75, 3.05) is 0 Å². The standard InChI is InChI=1S/C13H12F2O4.C6H8F2O3/c1-2-9-10(13(14,15)12(17)18-9)19-11(16)8-6-4-3-5-7-8;1-2-3-4(9)6(7,8)5(10)11-3/h3-7,9-10H,2H2,1H3;3-4,9H,2H2,1H3/t9-,10?;3-,4?/m11/s1. The monoisotopic (exact) mass is 436 g/mol. The number of rotatable bonds is 4. The van der Waals surface area contributed by atoms with Crippen molar-refractivity contribution in [3.63, 3.8) is 0 Å². The van der Waals surface area contributed by atoms with E-state index in [1.165, 1.54) is 12.1 Å². The van der Waals surface area contributed by atoms with Gasteiger partial charge in [-0.15, -0.1) is 0 Å². The quantitative estimate of drug-likeness (QED) is 0.440. The Morgan fingerprint density at radius 2 is 1.47 bits per heavy atom. The highest BCUT2D eigenvalue weighted by Gasteiger charge is 2.62. The number of hydrogen-bond donors (Lipinski definition) is 1. The van der Waals surface area contributed by atoms with Gasteiger partial charge >= 0.3 is 29.8 Å². The van der Waals surface area contributed by atoms with E-state index in [1.54, 1.807) is 32.0 Å². The van der Waals surface area contributed by atoms with E-state index in [0.29, 0.717) is 0 Å². The molecule has 3 rings (SSSR count). The van der Waals surface area contributed by atoms with Gasteiger partial charge in [-0.1, -0.05) is 32.0 Å². The molecule has 0 radical (unpaired) electrons. The summed E-state index contributed by atoms with van der Waals surface area (Å²) in [5.41, 5.74) is 0.146. The molecule has 7 nitrogen and oxygen atoms in total. The molecule has 2 aliphatic heterocycles. The molecule has 0 spiro atoms. The molecule has 0 aromatic heterocycles. The van der Waals surface area contributed by atoms with Crippen LogP contribution in [-0.2, 0) is 23.8 Å². The van der Waals surface area contributed by atoms with Gasteiger partial charge in [-0.05, 0) is 25.0 Å². The first kappa shape index (κ1) is 23.6. The summed E-state index contributed by atoms with van der Waals surface area (Å²) in [6, 6.07) is 7.74. The molecule has 2 unspecified atom stereocenters. The molecule has 11 heteroatoms. The number of carbonyl (C=O) groups is 3. The molecule has 2 fully saturated rings. The van der Waals surface area contributed by atoms with Crippen LogP contribution in [0.1, 0.15) is 37.0 Å². The number of ether oxygens (including phenoxy) is 3. The first-order valence-electron chi connectivity index (χ1n) is 9.08. The highest BCUT2D eigenvalue weighted by atomic mass is 19.3. The van der Waals surface area contributed by atoms with Crippen molar-refractivity contribution in [1.29, 1.82) is 0 Å². The Balaban J connectivity index is 0.000000248. The fourth-order valence-electron chi connectivity index (χ4n) is 2.77. The molecular weight excluding hydrogens is 416 g/mol. The Kier molecular flexibility index (Phi) is 7.06. The van der Waals surface area contributed by atoms with Gasteiger partial charge in [-0.2, -0.15) is 17.6 Å². The van der Waals surface area contributed by atoms with Gasteiger partial charge in [0.05, 0.1) is 5.56 Å². The molecule has 2 aliphatic rings. The summed E-state index contributed by atoms with van der Waals surface area (Å²) < 4.78 is 65.5. The number of carbonyl (C=O) groups excluding carboxylic acids is 3. The SMILES string of the molecule is CC[C@H]1OC(=O)C(F)(F)C1O.CC[C@H]1OC(=O)C(F)(F)C1OC(=O)c1ccccc1. The number of alkyl halides is 4. The van der Waals surface area contributed by atoms with Gasteiger partial charge in [0, 0.05) is 0 Å². The van der Waals surface area contributed by atoms with Gasteiger partial charge in [0.2, 0.25) is 6.10 Å². The van der Waals surface area contributed by atoms with Crippen LogP contribution in [0.15, 0.2) is 30.3 Å². The fraction of sp³-hybridized carbons (Fsp3) is 0.526. The topological polar surface area (TPSA) is 99.1 Å². The average molecular weight is 436 g/mol. The highest BCUT2D eigenvalue weighted by molar-refractivity contribution is 5.90. The van der Waals surface area contributed by atoms with Crippen LogP contribution in [0.3, 0.4) is 0 Å². The van der Waals surface area contributed by atoms with E-state index in [1.807, 2.05) is 0 Å². The largest absolute Gasteiger partial charge is 0.455 e. The Hall–Kier alpha value is -2.69. The third-order valence-corrected chi connectivity index (χ3v) is 4.53. The molecule has 1 aromatic rings. The van der Waals surface area contributed by atoms with Crippen molar-refractivity contribution in [1.82, 2.24) is 0 Å². The van der Waals surface area contributed by atoms with Crippen LogP contribution < -0.4 is 0 Å². The van der Waals surface area contributed by atoms with E-state index in [9.17, 15) is 31.9 Å². The number of cyclic esters (lactones) is 2. The van der Waals surface area contributed by atoms with Gasteiger partial charge in [0.25, 0.3) is 0 Å². The fourth-order valence-corrected chi connectivity index (χ4v) is 2.77. The van der Waals surface area contributed by atoms with Crippen LogP contribution in [0.5, 0.6) is 0 Å². The van der Waals surface area contributed by atoms with Crippen LogP contribution in [-0.4, -0.2) is 59.3 Å². The smallest absolute Gasteiger partial charge is 0.382 e. The minimum absolute atomic E-state index is 0.146. The molecule has 1 aromatic carbocycles. The number of esters is 3. The summed E-state index contributed by atoms with van der Waals surface area (Å²) in [5, 5.41) is 8.79. The van der Waals surface area contributed by atoms with Crippen molar-refractivity contribution in [3.05, 3.63) is 35.9 Å². The maximum absolute atomic E-state index is 13.6. The van der Waals surface area contributed by atoms with Gasteiger partial charge in [0.1, 0.15) is 12.2 Å². The Morgan fingerprint density at radius 3 is 1.90 bits per heavy atom. The maximum atomic E-state index is 13.6. The predicted octanol–water partition coefficient (Wildman–Crippen LogP) is 2.50. The van der Waals surface area contributed by atoms with Crippen LogP contribution in [0.4, 0.5) is 17.6 Å². The second kappa shape index (κ2) is 8.99. The maximum Gasteiger partial charge on any atom is 0.382 e. The number of aliphatic hydroxyl groups is 1. The molecule has 0 bridgehead atoms. The number of benzene rings is 1. The molecule has 4 atom stereocenters. The van der Waals surface area contributed by atoms with Crippen molar-refractivity contribution in [2.45, 2.75) is 63.0 Å². The zero-order valence-corrected chi connectivity index (χ0v) is 16.0. The Bertz CT molecular complexity index is 784. The lowest BCUT2D eigenvalue weighted by Gasteiger charge is -2.19. The number of hydrogen-bond acceptors (Lipinski definition) is 7. The minimum atomic E-state index is -3.80. The number of aliphatic hydroxyl groups excluding tert-OH is 1. The van der Waals surface area contributed by atoms with E-state index < -0.39 is 54.2 Å². The zero-order valence-electron chi connectivity index (χ0n) is 16.0. The van der Waals surface area contributed by atoms with Gasteiger partial charge in [0.15, 0.2) is 6.10 Å². The van der Waals surface area contributed by atoms with Crippen molar-refractivity contribution in [2.24, 2.45) is 0 Å². The van der Waals surface area contributed by atoms with Gasteiger partial charge in [-0.3, -0.25) is 0 Å². The second-order valence-electron chi connectivity index (χ2n) is 6.59. The van der Waals surface area contributed by atoms with Gasteiger partial charge < -0.3 is 19.3 Å². The molecule has 0 amide bonds. The first-order valence-corrected chi connectivity index (χ1v) is 9.08. The Morgan fingerprint density at radius 1 is 0.967 bits per heavy atom. The lowest BCUT2D eigenvalue weighted by atomic mass is 10.1. The first-order chi connectivity index (χ1) is 14.0.